The van der Waals surface area contributed by atoms with Gasteiger partial charge in [0.1, 0.15) is 5.82 Å². The molecule has 31 heavy (non-hydrogen) atoms. The van der Waals surface area contributed by atoms with Crippen LogP contribution in [-0.2, 0) is 6.54 Å². The van der Waals surface area contributed by atoms with Gasteiger partial charge in [-0.3, -0.25) is 4.79 Å². The van der Waals surface area contributed by atoms with Crippen molar-refractivity contribution in [3.63, 3.8) is 0 Å². The number of hydrogen-bond donors (Lipinski definition) is 0. The van der Waals surface area contributed by atoms with Gasteiger partial charge < -0.3 is 9.47 Å². The van der Waals surface area contributed by atoms with Gasteiger partial charge in [-0.05, 0) is 43.3 Å². The van der Waals surface area contributed by atoms with Crippen molar-refractivity contribution < 1.29 is 4.79 Å². The normalized spacial score (nSPS) is 10.4. The van der Waals surface area contributed by atoms with Gasteiger partial charge >= 0.3 is 0 Å². The largest absolute Gasteiger partial charge is 0.340 e. The zero-order valence-electron chi connectivity index (χ0n) is 17.6. The van der Waals surface area contributed by atoms with Crippen molar-refractivity contribution in [2.75, 3.05) is 13.6 Å². The Morgan fingerprint density at radius 1 is 1.03 bits per heavy atom. The third kappa shape index (κ3) is 4.73. The number of hydrogen-bond acceptors (Lipinski definition) is 3. The minimum absolute atomic E-state index is 0.0486. The Labute approximate surface area is 181 Å². The summed E-state index contributed by atoms with van der Waals surface area (Å²) in [4.78, 5) is 19.0. The van der Waals surface area contributed by atoms with E-state index < -0.39 is 0 Å². The molecule has 2 aromatic heterocycles. The minimum atomic E-state index is -0.0486. The zero-order chi connectivity index (χ0) is 21.6. The average Bonchev–Trinajstić information content (AvgIpc) is 3.48. The molecule has 0 bridgehead atoms. The minimum Gasteiger partial charge on any atom is -0.340 e. The van der Waals surface area contributed by atoms with E-state index in [0.29, 0.717) is 18.7 Å². The highest BCUT2D eigenvalue weighted by Gasteiger charge is 2.14. The van der Waals surface area contributed by atoms with E-state index in [1.165, 1.54) is 0 Å². The van der Waals surface area contributed by atoms with Gasteiger partial charge in [0.15, 0.2) is 0 Å². The van der Waals surface area contributed by atoms with Gasteiger partial charge in [-0.2, -0.15) is 5.10 Å². The lowest BCUT2D eigenvalue weighted by Gasteiger charge is -2.18. The first-order valence-electron chi connectivity index (χ1n) is 10.1. The summed E-state index contributed by atoms with van der Waals surface area (Å²) in [5.74, 6) is 7.29. The second-order valence-corrected chi connectivity index (χ2v) is 7.19. The number of benzene rings is 2. The number of carbonyl (C=O) groups is 1. The van der Waals surface area contributed by atoms with Gasteiger partial charge in [0.2, 0.25) is 0 Å². The molecule has 0 N–H and O–H groups in total. The lowest BCUT2D eigenvalue weighted by atomic mass is 10.1. The molecule has 0 aliphatic heterocycles. The molecule has 0 atom stereocenters. The van der Waals surface area contributed by atoms with Crippen LogP contribution in [0.1, 0.15) is 27.3 Å². The van der Waals surface area contributed by atoms with Gasteiger partial charge in [-0.15, -0.1) is 0 Å². The van der Waals surface area contributed by atoms with Crippen LogP contribution in [0.25, 0.3) is 5.69 Å². The molecule has 1 amide bonds. The summed E-state index contributed by atoms with van der Waals surface area (Å²) in [6.07, 6.45) is 7.27. The SMILES string of the molecule is Cc1nccn1CCN(C)C(=O)c1ccc(-n2cccn2)c(C#Cc2ccccc2)c1. The van der Waals surface area contributed by atoms with Crippen molar-refractivity contribution in [2.45, 2.75) is 13.5 Å². The van der Waals surface area contributed by atoms with Gasteiger partial charge in [0, 0.05) is 56.1 Å². The van der Waals surface area contributed by atoms with E-state index in [4.69, 9.17) is 0 Å². The Bertz CT molecular complexity index is 1230. The highest BCUT2D eigenvalue weighted by Crippen LogP contribution is 2.17. The number of aryl methyl sites for hydroxylation is 1. The molecule has 2 aromatic carbocycles. The van der Waals surface area contributed by atoms with E-state index in [9.17, 15) is 4.79 Å². The van der Waals surface area contributed by atoms with Crippen LogP contribution in [0.2, 0.25) is 0 Å². The van der Waals surface area contributed by atoms with Gasteiger partial charge in [0.25, 0.3) is 5.91 Å². The van der Waals surface area contributed by atoms with Gasteiger partial charge in [-0.1, -0.05) is 30.0 Å². The molecular formula is C25H23N5O. The topological polar surface area (TPSA) is 56.0 Å². The van der Waals surface area contributed by atoms with Crippen LogP contribution in [-0.4, -0.2) is 43.7 Å². The number of aromatic nitrogens is 4. The maximum absolute atomic E-state index is 13.0. The Morgan fingerprint density at radius 3 is 2.58 bits per heavy atom. The lowest BCUT2D eigenvalue weighted by Crippen LogP contribution is -2.30. The first-order chi connectivity index (χ1) is 15.1. The van der Waals surface area contributed by atoms with E-state index in [-0.39, 0.29) is 5.91 Å². The van der Waals surface area contributed by atoms with E-state index in [1.54, 1.807) is 22.0 Å². The summed E-state index contributed by atoms with van der Waals surface area (Å²) in [6, 6.07) is 17.2. The lowest BCUT2D eigenvalue weighted by molar-refractivity contribution is 0.0790. The first kappa shape index (κ1) is 20.2. The Hall–Kier alpha value is -4.11. The predicted octanol–water partition coefficient (Wildman–Crippen LogP) is 3.55. The van der Waals surface area contributed by atoms with E-state index in [0.717, 1.165) is 22.6 Å². The Balaban J connectivity index is 1.60. The third-order valence-electron chi connectivity index (χ3n) is 5.06. The first-order valence-corrected chi connectivity index (χ1v) is 10.1. The number of nitrogens with zero attached hydrogens (tertiary/aromatic N) is 5. The van der Waals surface area contributed by atoms with Crippen LogP contribution in [0.4, 0.5) is 0 Å². The summed E-state index contributed by atoms with van der Waals surface area (Å²) in [6.45, 7) is 3.23. The van der Waals surface area contributed by atoms with Crippen molar-refractivity contribution in [1.82, 2.24) is 24.2 Å². The fourth-order valence-corrected chi connectivity index (χ4v) is 3.26. The van der Waals surface area contributed by atoms with Crippen LogP contribution in [0, 0.1) is 18.8 Å². The van der Waals surface area contributed by atoms with E-state index >= 15 is 0 Å². The molecule has 0 radical (unpaired) electrons. The van der Waals surface area contributed by atoms with Gasteiger partial charge in [-0.25, -0.2) is 9.67 Å². The number of carbonyl (C=O) groups excluding carboxylic acids is 1. The van der Waals surface area contributed by atoms with Crippen molar-refractivity contribution in [1.29, 1.82) is 0 Å². The number of rotatable bonds is 5. The molecule has 0 aliphatic rings. The highest BCUT2D eigenvalue weighted by molar-refractivity contribution is 5.94. The number of imidazole rings is 1. The zero-order valence-corrected chi connectivity index (χ0v) is 17.6. The van der Waals surface area contributed by atoms with Crippen LogP contribution < -0.4 is 0 Å². The quantitative estimate of drug-likeness (QED) is 0.474. The fourth-order valence-electron chi connectivity index (χ4n) is 3.26. The monoisotopic (exact) mass is 409 g/mol. The maximum atomic E-state index is 13.0. The van der Waals surface area contributed by atoms with Crippen LogP contribution in [0.5, 0.6) is 0 Å². The van der Waals surface area contributed by atoms with E-state index in [2.05, 4.69) is 21.9 Å². The van der Waals surface area contributed by atoms with Crippen molar-refractivity contribution >= 4 is 5.91 Å². The van der Waals surface area contributed by atoms with E-state index in [1.807, 2.05) is 85.5 Å². The molecule has 0 fully saturated rings. The van der Waals surface area contributed by atoms with Crippen molar-refractivity contribution in [3.8, 4) is 17.5 Å². The number of likely N-dealkylation sites (N-methyl/N-ethyl adjacent to an activating group) is 1. The second kappa shape index (κ2) is 9.14. The molecule has 0 spiro atoms. The highest BCUT2D eigenvalue weighted by atomic mass is 16.2. The fraction of sp³-hybridized carbons (Fsp3) is 0.160. The van der Waals surface area contributed by atoms with Crippen LogP contribution >= 0.6 is 0 Å². The molecule has 4 rings (SSSR count). The summed E-state index contributed by atoms with van der Waals surface area (Å²) in [5.41, 5.74) is 3.09. The maximum Gasteiger partial charge on any atom is 0.253 e. The molecule has 6 heteroatoms. The second-order valence-electron chi connectivity index (χ2n) is 7.19. The average molecular weight is 409 g/mol. The molecular weight excluding hydrogens is 386 g/mol. The van der Waals surface area contributed by atoms with Crippen LogP contribution in [0.15, 0.2) is 79.4 Å². The Kier molecular flexibility index (Phi) is 5.95. The van der Waals surface area contributed by atoms with Crippen LogP contribution in [0.3, 0.4) is 0 Å². The summed E-state index contributed by atoms with van der Waals surface area (Å²) in [7, 11) is 1.81. The van der Waals surface area contributed by atoms with Crippen molar-refractivity contribution in [3.05, 3.63) is 102 Å². The predicted molar refractivity (Wildman–Crippen MR) is 120 cm³/mol. The standard InChI is InChI=1S/C25H23N5O/c1-20-26-14-16-29(20)18-17-28(2)25(31)23-11-12-24(30-15-6-13-27-30)22(19-23)10-9-21-7-4-3-5-8-21/h3-8,11-16,19H,17-18H2,1-2H3. The van der Waals surface area contributed by atoms with Gasteiger partial charge in [0.05, 0.1) is 11.3 Å². The smallest absolute Gasteiger partial charge is 0.253 e. The summed E-state index contributed by atoms with van der Waals surface area (Å²) >= 11 is 0. The number of amides is 1. The molecule has 0 saturated carbocycles. The molecule has 154 valence electrons. The molecule has 6 nitrogen and oxygen atoms in total. The molecule has 4 aromatic rings. The molecule has 0 saturated heterocycles. The molecule has 0 aliphatic carbocycles. The summed E-state index contributed by atoms with van der Waals surface area (Å²) < 4.78 is 3.79. The molecule has 2 heterocycles. The Morgan fingerprint density at radius 2 is 1.87 bits per heavy atom. The van der Waals surface area contributed by atoms with Crippen molar-refractivity contribution in [2.24, 2.45) is 0 Å². The third-order valence-corrected chi connectivity index (χ3v) is 5.06. The summed E-state index contributed by atoms with van der Waals surface area (Å²) in [5, 5.41) is 4.32. The molecule has 0 unspecified atom stereocenters.